The lowest BCUT2D eigenvalue weighted by atomic mass is 10.1. The number of nitro groups is 1. The van der Waals surface area contributed by atoms with E-state index in [1.807, 2.05) is 0 Å². The van der Waals surface area contributed by atoms with Crippen molar-refractivity contribution in [1.82, 2.24) is 4.90 Å². The van der Waals surface area contributed by atoms with E-state index in [1.54, 1.807) is 4.90 Å². The van der Waals surface area contributed by atoms with Crippen LogP contribution in [0.3, 0.4) is 0 Å². The van der Waals surface area contributed by atoms with E-state index in [-0.39, 0.29) is 29.4 Å². The average molecular weight is 292 g/mol. The van der Waals surface area contributed by atoms with Crippen LogP contribution in [0.25, 0.3) is 0 Å². The van der Waals surface area contributed by atoms with Gasteiger partial charge in [0.25, 0.3) is 5.91 Å². The molecule has 1 aliphatic heterocycles. The highest BCUT2D eigenvalue weighted by Crippen LogP contribution is 2.25. The van der Waals surface area contributed by atoms with Crippen LogP contribution in [0.2, 0.25) is 0 Å². The summed E-state index contributed by atoms with van der Waals surface area (Å²) in [6, 6.07) is 2.88. The number of carbonyl (C=O) groups excluding carboxylic acids is 1. The third-order valence-electron chi connectivity index (χ3n) is 2.73. The molecule has 100 valence electrons. The second kappa shape index (κ2) is 6.12. The molecular weight excluding hydrogens is 278 g/mol. The monoisotopic (exact) mass is 291 g/mol. The second-order valence-electron chi connectivity index (χ2n) is 4.05. The molecule has 1 saturated heterocycles. The zero-order valence-electron chi connectivity index (χ0n) is 9.57. The van der Waals surface area contributed by atoms with Crippen molar-refractivity contribution in [2.45, 2.75) is 18.9 Å². The summed E-state index contributed by atoms with van der Waals surface area (Å²) in [5.41, 5.74) is 5.80. The zero-order chi connectivity index (χ0) is 12.4. The smallest absolute Gasteiger partial charge is 0.324 e. The first-order valence-corrected chi connectivity index (χ1v) is 6.18. The Kier molecular flexibility index (Phi) is 5.06. The third kappa shape index (κ3) is 3.18. The maximum Gasteiger partial charge on any atom is 0.324 e. The van der Waals surface area contributed by atoms with Gasteiger partial charge in [-0.25, -0.2) is 0 Å². The average Bonchev–Trinajstić information content (AvgIpc) is 2.77. The number of likely N-dealkylation sites (tertiary alicyclic amines) is 1. The summed E-state index contributed by atoms with van der Waals surface area (Å²) in [5.74, 6) is -0.154. The van der Waals surface area contributed by atoms with Crippen LogP contribution >= 0.6 is 23.7 Å². The molecule has 8 heteroatoms. The lowest BCUT2D eigenvalue weighted by molar-refractivity contribution is -0.380. The molecule has 0 aromatic carbocycles. The predicted molar refractivity (Wildman–Crippen MR) is 71.3 cm³/mol. The van der Waals surface area contributed by atoms with Gasteiger partial charge in [-0.3, -0.25) is 14.9 Å². The summed E-state index contributed by atoms with van der Waals surface area (Å²) in [6.45, 7) is 1.21. The number of nitrogens with two attached hydrogens (primary N) is 1. The molecule has 0 bridgehead atoms. The Morgan fingerprint density at radius 1 is 1.56 bits per heavy atom. The van der Waals surface area contributed by atoms with E-state index in [0.29, 0.717) is 18.0 Å². The van der Waals surface area contributed by atoms with E-state index in [1.165, 1.54) is 12.1 Å². The standard InChI is InChI=1S/C10H13N3O3S.ClH/c11-7-2-1-5-12(6-7)10(14)8-3-4-9(17-8)13(15)16;/h3-4,7H,1-2,5-6,11H2;1H/t7-;/m1./s1. The van der Waals surface area contributed by atoms with Crippen molar-refractivity contribution in [3.63, 3.8) is 0 Å². The first kappa shape index (κ1) is 14.9. The minimum Gasteiger partial charge on any atom is -0.336 e. The van der Waals surface area contributed by atoms with Gasteiger partial charge in [0, 0.05) is 25.2 Å². The molecule has 0 saturated carbocycles. The molecule has 1 atom stereocenters. The van der Waals surface area contributed by atoms with Crippen molar-refractivity contribution in [3.8, 4) is 0 Å². The highest BCUT2D eigenvalue weighted by Gasteiger charge is 2.24. The van der Waals surface area contributed by atoms with Gasteiger partial charge in [0.15, 0.2) is 0 Å². The molecule has 6 nitrogen and oxygen atoms in total. The van der Waals surface area contributed by atoms with Crippen LogP contribution in [0.15, 0.2) is 12.1 Å². The van der Waals surface area contributed by atoms with Crippen molar-refractivity contribution < 1.29 is 9.72 Å². The molecular formula is C10H14ClN3O3S. The summed E-state index contributed by atoms with van der Waals surface area (Å²) in [5, 5.41) is 10.5. The van der Waals surface area contributed by atoms with Gasteiger partial charge in [-0.15, -0.1) is 12.4 Å². The SMILES string of the molecule is Cl.N[C@@H]1CCCN(C(=O)c2ccc([N+](=O)[O-])s2)C1. The fraction of sp³-hybridized carbons (Fsp3) is 0.500. The fourth-order valence-electron chi connectivity index (χ4n) is 1.89. The predicted octanol–water partition coefficient (Wildman–Crippen LogP) is 1.64. The van der Waals surface area contributed by atoms with E-state index in [0.717, 1.165) is 24.2 Å². The van der Waals surface area contributed by atoms with Crippen LogP contribution in [0, 0.1) is 10.1 Å². The maximum absolute atomic E-state index is 12.0. The van der Waals surface area contributed by atoms with Gasteiger partial charge < -0.3 is 10.6 Å². The Morgan fingerprint density at radius 3 is 2.83 bits per heavy atom. The van der Waals surface area contributed by atoms with Gasteiger partial charge in [0.2, 0.25) is 0 Å². The molecule has 1 aliphatic rings. The Balaban J connectivity index is 0.00000162. The first-order valence-electron chi connectivity index (χ1n) is 5.37. The number of halogens is 1. The number of carbonyl (C=O) groups is 1. The molecule has 0 aliphatic carbocycles. The quantitative estimate of drug-likeness (QED) is 0.662. The van der Waals surface area contributed by atoms with E-state index < -0.39 is 4.92 Å². The number of rotatable bonds is 2. The summed E-state index contributed by atoms with van der Waals surface area (Å²) in [7, 11) is 0. The molecule has 1 aromatic heterocycles. The van der Waals surface area contributed by atoms with Gasteiger partial charge in [-0.05, 0) is 18.9 Å². The summed E-state index contributed by atoms with van der Waals surface area (Å²) >= 11 is 0.913. The van der Waals surface area contributed by atoms with Crippen molar-refractivity contribution in [1.29, 1.82) is 0 Å². The van der Waals surface area contributed by atoms with Crippen LogP contribution < -0.4 is 5.73 Å². The summed E-state index contributed by atoms with van der Waals surface area (Å²) < 4.78 is 0. The highest BCUT2D eigenvalue weighted by molar-refractivity contribution is 7.17. The maximum atomic E-state index is 12.0. The Labute approximate surface area is 114 Å². The van der Waals surface area contributed by atoms with E-state index >= 15 is 0 Å². The zero-order valence-corrected chi connectivity index (χ0v) is 11.2. The molecule has 1 aromatic rings. The largest absolute Gasteiger partial charge is 0.336 e. The Hall–Kier alpha value is -1.18. The van der Waals surface area contributed by atoms with Gasteiger partial charge >= 0.3 is 5.00 Å². The van der Waals surface area contributed by atoms with Crippen LogP contribution in [0.4, 0.5) is 5.00 Å². The molecule has 18 heavy (non-hydrogen) atoms. The highest BCUT2D eigenvalue weighted by atomic mass is 35.5. The molecule has 0 radical (unpaired) electrons. The minimum absolute atomic E-state index is 0. The Morgan fingerprint density at radius 2 is 2.28 bits per heavy atom. The van der Waals surface area contributed by atoms with Crippen molar-refractivity contribution >= 4 is 34.7 Å². The van der Waals surface area contributed by atoms with Crippen molar-refractivity contribution in [2.75, 3.05) is 13.1 Å². The third-order valence-corrected chi connectivity index (χ3v) is 3.75. The van der Waals surface area contributed by atoms with E-state index in [9.17, 15) is 14.9 Å². The van der Waals surface area contributed by atoms with Gasteiger partial charge in [0.05, 0.1) is 9.80 Å². The Bertz CT molecular complexity index is 451. The molecule has 0 unspecified atom stereocenters. The lowest BCUT2D eigenvalue weighted by Gasteiger charge is -2.30. The second-order valence-corrected chi connectivity index (χ2v) is 5.11. The normalized spacial score (nSPS) is 19.2. The number of piperidine rings is 1. The van der Waals surface area contributed by atoms with E-state index in [2.05, 4.69) is 0 Å². The minimum atomic E-state index is -0.483. The van der Waals surface area contributed by atoms with E-state index in [4.69, 9.17) is 5.73 Å². The summed E-state index contributed by atoms with van der Waals surface area (Å²) in [4.78, 5) is 24.2. The van der Waals surface area contributed by atoms with Gasteiger partial charge in [-0.2, -0.15) is 0 Å². The van der Waals surface area contributed by atoms with Gasteiger partial charge in [-0.1, -0.05) is 11.3 Å². The molecule has 1 fully saturated rings. The lowest BCUT2D eigenvalue weighted by Crippen LogP contribution is -2.45. The fourth-order valence-corrected chi connectivity index (χ4v) is 2.68. The van der Waals surface area contributed by atoms with Crippen LogP contribution in [-0.4, -0.2) is 34.9 Å². The van der Waals surface area contributed by atoms with Gasteiger partial charge in [0.1, 0.15) is 0 Å². The van der Waals surface area contributed by atoms with Crippen molar-refractivity contribution in [3.05, 3.63) is 27.1 Å². The topological polar surface area (TPSA) is 89.5 Å². The molecule has 2 heterocycles. The molecule has 2 rings (SSSR count). The van der Waals surface area contributed by atoms with Crippen LogP contribution in [-0.2, 0) is 0 Å². The van der Waals surface area contributed by atoms with Crippen LogP contribution in [0.1, 0.15) is 22.5 Å². The molecule has 0 spiro atoms. The number of hydrogen-bond donors (Lipinski definition) is 1. The first-order chi connectivity index (χ1) is 8.08. The molecule has 1 amide bonds. The number of nitrogens with zero attached hydrogens (tertiary/aromatic N) is 2. The number of amides is 1. The van der Waals surface area contributed by atoms with Crippen LogP contribution in [0.5, 0.6) is 0 Å². The number of hydrogen-bond acceptors (Lipinski definition) is 5. The molecule has 2 N–H and O–H groups in total. The summed E-state index contributed by atoms with van der Waals surface area (Å²) in [6.07, 6.45) is 1.81. The van der Waals surface area contributed by atoms with Crippen molar-refractivity contribution in [2.24, 2.45) is 5.73 Å². The number of thiophene rings is 1.